The Morgan fingerprint density at radius 1 is 1.30 bits per heavy atom. The zero-order valence-electron chi connectivity index (χ0n) is 11.1. The third-order valence-corrected chi connectivity index (χ3v) is 4.76. The second-order valence-corrected chi connectivity index (χ2v) is 6.54. The highest BCUT2D eigenvalue weighted by Gasteiger charge is 2.11. The largest absolute Gasteiger partial charge is 0.369 e. The summed E-state index contributed by atoms with van der Waals surface area (Å²) in [6.45, 7) is 3.07. The van der Waals surface area contributed by atoms with Crippen LogP contribution in [0.1, 0.15) is 13.3 Å². The van der Waals surface area contributed by atoms with Crippen molar-refractivity contribution in [3.63, 3.8) is 0 Å². The van der Waals surface area contributed by atoms with Gasteiger partial charge in [-0.05, 0) is 35.1 Å². The van der Waals surface area contributed by atoms with Crippen LogP contribution in [0.2, 0.25) is 0 Å². The summed E-state index contributed by atoms with van der Waals surface area (Å²) in [5.74, 6) is 1.72. The minimum atomic E-state index is 0.793. The highest BCUT2D eigenvalue weighted by atomic mass is 127. The van der Waals surface area contributed by atoms with Gasteiger partial charge >= 0.3 is 0 Å². The molecule has 0 atom stereocenters. The number of nitrogens with one attached hydrogen (secondary N) is 1. The number of rotatable bonds is 4. The molecule has 0 bridgehead atoms. The molecule has 0 aliphatic rings. The first-order valence-corrected chi connectivity index (χ1v) is 8.48. The zero-order valence-corrected chi connectivity index (χ0v) is 14.0. The van der Waals surface area contributed by atoms with Gasteiger partial charge in [0, 0.05) is 33.8 Å². The van der Waals surface area contributed by atoms with Crippen LogP contribution >= 0.6 is 33.9 Å². The fourth-order valence-corrected chi connectivity index (χ4v) is 3.41. The topological polar surface area (TPSA) is 37.8 Å². The molecule has 5 heteroatoms. The number of hydrogen-bond donors (Lipinski definition) is 1. The molecular formula is C15H14IN3S. The molecular weight excluding hydrogens is 381 g/mol. The van der Waals surface area contributed by atoms with Gasteiger partial charge in [0.05, 0.1) is 3.57 Å². The Labute approximate surface area is 135 Å². The van der Waals surface area contributed by atoms with Crippen LogP contribution < -0.4 is 5.32 Å². The van der Waals surface area contributed by atoms with Gasteiger partial charge in [0.15, 0.2) is 5.82 Å². The van der Waals surface area contributed by atoms with Gasteiger partial charge in [-0.15, -0.1) is 11.3 Å². The summed E-state index contributed by atoms with van der Waals surface area (Å²) in [6.07, 6.45) is 2.96. The van der Waals surface area contributed by atoms with E-state index in [2.05, 4.69) is 74.4 Å². The van der Waals surface area contributed by atoms with Crippen LogP contribution in [0, 0.1) is 3.57 Å². The van der Waals surface area contributed by atoms with Crippen molar-refractivity contribution in [1.82, 2.24) is 9.97 Å². The Morgan fingerprint density at radius 3 is 3.00 bits per heavy atom. The maximum atomic E-state index is 4.68. The molecule has 0 aliphatic heterocycles. The summed E-state index contributed by atoms with van der Waals surface area (Å²) in [5.41, 5.74) is 1.11. The van der Waals surface area contributed by atoms with Crippen LogP contribution in [0.15, 0.2) is 35.8 Å². The molecule has 0 fully saturated rings. The quantitative estimate of drug-likeness (QED) is 0.646. The predicted octanol–water partition coefficient (Wildman–Crippen LogP) is 4.78. The lowest BCUT2D eigenvalue weighted by atomic mass is 10.1. The van der Waals surface area contributed by atoms with E-state index in [0.29, 0.717) is 0 Å². The van der Waals surface area contributed by atoms with E-state index in [9.17, 15) is 0 Å². The SMILES string of the molecule is CCCNc1nc(-c2csc3ccccc23)ncc1I. The van der Waals surface area contributed by atoms with E-state index in [1.54, 1.807) is 11.3 Å². The van der Waals surface area contributed by atoms with Gasteiger partial charge in [-0.1, -0.05) is 25.1 Å². The maximum Gasteiger partial charge on any atom is 0.163 e. The molecule has 1 N–H and O–H groups in total. The second kappa shape index (κ2) is 6.05. The Kier molecular flexibility index (Phi) is 4.16. The molecule has 3 aromatic rings. The Bertz CT molecular complexity index is 739. The molecule has 0 saturated carbocycles. The van der Waals surface area contributed by atoms with Crippen molar-refractivity contribution >= 4 is 49.8 Å². The summed E-state index contributed by atoms with van der Waals surface area (Å²) in [4.78, 5) is 9.17. The van der Waals surface area contributed by atoms with Crippen LogP contribution in [-0.2, 0) is 0 Å². The van der Waals surface area contributed by atoms with Crippen molar-refractivity contribution < 1.29 is 0 Å². The number of benzene rings is 1. The van der Waals surface area contributed by atoms with Crippen molar-refractivity contribution in [1.29, 1.82) is 0 Å². The van der Waals surface area contributed by atoms with E-state index in [-0.39, 0.29) is 0 Å². The first kappa shape index (κ1) is 13.8. The van der Waals surface area contributed by atoms with Crippen molar-refractivity contribution in [2.24, 2.45) is 0 Å². The molecule has 2 aromatic heterocycles. The molecule has 0 spiro atoms. The Balaban J connectivity index is 2.05. The van der Waals surface area contributed by atoms with E-state index in [1.807, 2.05) is 6.20 Å². The highest BCUT2D eigenvalue weighted by Crippen LogP contribution is 2.32. The van der Waals surface area contributed by atoms with E-state index in [4.69, 9.17) is 0 Å². The molecule has 3 nitrogen and oxygen atoms in total. The summed E-state index contributed by atoms with van der Waals surface area (Å²) < 4.78 is 2.33. The fraction of sp³-hybridized carbons (Fsp3) is 0.200. The fourth-order valence-electron chi connectivity index (χ4n) is 2.02. The van der Waals surface area contributed by atoms with Gasteiger partial charge < -0.3 is 5.32 Å². The maximum absolute atomic E-state index is 4.68. The zero-order chi connectivity index (χ0) is 13.9. The number of aromatic nitrogens is 2. The monoisotopic (exact) mass is 395 g/mol. The molecule has 20 heavy (non-hydrogen) atoms. The number of thiophene rings is 1. The molecule has 1 aromatic carbocycles. The lowest BCUT2D eigenvalue weighted by molar-refractivity contribution is 0.963. The third kappa shape index (κ3) is 2.64. The number of halogens is 1. The molecule has 102 valence electrons. The van der Waals surface area contributed by atoms with Gasteiger partial charge in [-0.2, -0.15) is 0 Å². The minimum Gasteiger partial charge on any atom is -0.369 e. The number of anilines is 1. The summed E-state index contributed by atoms with van der Waals surface area (Å²) >= 11 is 4.00. The van der Waals surface area contributed by atoms with Crippen molar-refractivity contribution in [2.75, 3.05) is 11.9 Å². The van der Waals surface area contributed by atoms with Crippen LogP contribution in [0.3, 0.4) is 0 Å². The van der Waals surface area contributed by atoms with Crippen molar-refractivity contribution in [3.05, 3.63) is 39.4 Å². The molecule has 2 heterocycles. The average Bonchev–Trinajstić information content (AvgIpc) is 2.90. The van der Waals surface area contributed by atoms with Gasteiger partial charge in [0.1, 0.15) is 5.82 Å². The summed E-state index contributed by atoms with van der Waals surface area (Å²) in [7, 11) is 0. The highest BCUT2D eigenvalue weighted by molar-refractivity contribution is 14.1. The number of nitrogens with zero attached hydrogens (tertiary/aromatic N) is 2. The van der Waals surface area contributed by atoms with Gasteiger partial charge in [-0.25, -0.2) is 9.97 Å². The van der Waals surface area contributed by atoms with E-state index < -0.39 is 0 Å². The molecule has 0 amide bonds. The summed E-state index contributed by atoms with van der Waals surface area (Å²) in [5, 5.41) is 6.72. The van der Waals surface area contributed by atoms with Crippen molar-refractivity contribution in [2.45, 2.75) is 13.3 Å². The second-order valence-electron chi connectivity index (χ2n) is 4.46. The summed E-state index contributed by atoms with van der Waals surface area (Å²) in [6, 6.07) is 8.38. The van der Waals surface area contributed by atoms with Crippen LogP contribution in [-0.4, -0.2) is 16.5 Å². The lowest BCUT2D eigenvalue weighted by Crippen LogP contribution is -2.05. The molecule has 0 radical (unpaired) electrons. The van der Waals surface area contributed by atoms with Gasteiger partial charge in [-0.3, -0.25) is 0 Å². The van der Waals surface area contributed by atoms with Crippen molar-refractivity contribution in [3.8, 4) is 11.4 Å². The first-order chi connectivity index (χ1) is 9.79. The number of fused-ring (bicyclic) bond motifs is 1. The third-order valence-electron chi connectivity index (χ3n) is 3.01. The predicted molar refractivity (Wildman–Crippen MR) is 94.3 cm³/mol. The van der Waals surface area contributed by atoms with Gasteiger partial charge in [0.2, 0.25) is 0 Å². The smallest absolute Gasteiger partial charge is 0.163 e. The Hall–Kier alpha value is -1.21. The standard InChI is InChI=1S/C15H14IN3S/c1-2-7-17-15-12(16)8-18-14(19-15)11-9-20-13-6-4-3-5-10(11)13/h3-6,8-9H,2,7H2,1H3,(H,17,18,19). The van der Waals surface area contributed by atoms with Crippen LogP contribution in [0.4, 0.5) is 5.82 Å². The first-order valence-electron chi connectivity index (χ1n) is 6.52. The number of hydrogen-bond acceptors (Lipinski definition) is 4. The molecule has 0 unspecified atom stereocenters. The van der Waals surface area contributed by atoms with Gasteiger partial charge in [0.25, 0.3) is 0 Å². The lowest BCUT2D eigenvalue weighted by Gasteiger charge is -2.07. The minimum absolute atomic E-state index is 0.793. The van der Waals surface area contributed by atoms with E-state index in [0.717, 1.165) is 33.7 Å². The van der Waals surface area contributed by atoms with Crippen LogP contribution in [0.25, 0.3) is 21.5 Å². The molecule has 0 aliphatic carbocycles. The average molecular weight is 395 g/mol. The molecule has 3 rings (SSSR count). The Morgan fingerprint density at radius 2 is 2.15 bits per heavy atom. The van der Waals surface area contributed by atoms with E-state index in [1.165, 1.54) is 10.1 Å². The van der Waals surface area contributed by atoms with E-state index >= 15 is 0 Å². The molecule has 0 saturated heterocycles. The normalized spacial score (nSPS) is 10.9. The van der Waals surface area contributed by atoms with Crippen LogP contribution in [0.5, 0.6) is 0 Å².